The van der Waals surface area contributed by atoms with Crippen LogP contribution >= 0.6 is 11.6 Å². The van der Waals surface area contributed by atoms with Gasteiger partial charge in [0.25, 0.3) is 5.91 Å². The minimum Gasteiger partial charge on any atom is -0.507 e. The Morgan fingerprint density at radius 1 is 1.33 bits per heavy atom. The number of nitrogens with one attached hydrogen (secondary N) is 1. The molecule has 0 aliphatic heterocycles. The third-order valence-electron chi connectivity index (χ3n) is 3.12. The maximum Gasteiger partial charge on any atom is 0.303 e. The van der Waals surface area contributed by atoms with E-state index in [2.05, 4.69) is 5.32 Å². The summed E-state index contributed by atoms with van der Waals surface area (Å²) in [6.07, 6.45) is 2.81. The Bertz CT molecular complexity index is 504. The first kappa shape index (κ1) is 17.3. The van der Waals surface area contributed by atoms with Gasteiger partial charge in [0, 0.05) is 17.5 Å². The third kappa shape index (κ3) is 6.04. The Labute approximate surface area is 128 Å². The zero-order chi connectivity index (χ0) is 15.8. The summed E-state index contributed by atoms with van der Waals surface area (Å²) >= 11 is 5.82. The van der Waals surface area contributed by atoms with Crippen molar-refractivity contribution in [2.75, 3.05) is 0 Å². The second kappa shape index (κ2) is 8.52. The van der Waals surface area contributed by atoms with E-state index in [1.165, 1.54) is 18.2 Å². The van der Waals surface area contributed by atoms with Gasteiger partial charge in [-0.15, -0.1) is 0 Å². The number of hydrogen-bond acceptors (Lipinski definition) is 3. The van der Waals surface area contributed by atoms with Crippen molar-refractivity contribution in [3.8, 4) is 5.75 Å². The van der Waals surface area contributed by atoms with Crippen molar-refractivity contribution >= 4 is 23.5 Å². The molecule has 0 heterocycles. The zero-order valence-electron chi connectivity index (χ0n) is 11.9. The molecule has 0 saturated heterocycles. The second-order valence-corrected chi connectivity index (χ2v) is 5.34. The highest BCUT2D eigenvalue weighted by molar-refractivity contribution is 6.31. The lowest BCUT2D eigenvalue weighted by atomic mass is 10.0. The monoisotopic (exact) mass is 313 g/mol. The number of carbonyl (C=O) groups is 2. The van der Waals surface area contributed by atoms with Crippen LogP contribution in [-0.4, -0.2) is 28.1 Å². The molecule has 0 aromatic heterocycles. The normalized spacial score (nSPS) is 11.9. The van der Waals surface area contributed by atoms with Crippen molar-refractivity contribution < 1.29 is 19.8 Å². The fraction of sp³-hybridized carbons (Fsp3) is 0.467. The first-order valence-corrected chi connectivity index (χ1v) is 7.33. The average Bonchev–Trinajstić information content (AvgIpc) is 2.41. The van der Waals surface area contributed by atoms with Gasteiger partial charge in [-0.05, 0) is 37.5 Å². The van der Waals surface area contributed by atoms with Gasteiger partial charge < -0.3 is 15.5 Å². The van der Waals surface area contributed by atoms with Crippen molar-refractivity contribution in [2.45, 2.75) is 45.1 Å². The molecule has 0 bridgehead atoms. The molecule has 1 atom stereocenters. The summed E-state index contributed by atoms with van der Waals surface area (Å²) < 4.78 is 0. The van der Waals surface area contributed by atoms with Gasteiger partial charge in [-0.2, -0.15) is 0 Å². The van der Waals surface area contributed by atoms with Crippen LogP contribution in [-0.2, 0) is 4.79 Å². The summed E-state index contributed by atoms with van der Waals surface area (Å²) in [4.78, 5) is 22.7. The topological polar surface area (TPSA) is 86.6 Å². The molecular formula is C15H20ClNO4. The van der Waals surface area contributed by atoms with Gasteiger partial charge in [0.1, 0.15) is 5.75 Å². The lowest BCUT2D eigenvalue weighted by Gasteiger charge is -2.18. The van der Waals surface area contributed by atoms with Gasteiger partial charge in [0.2, 0.25) is 0 Å². The number of halogens is 1. The minimum atomic E-state index is -0.843. The molecule has 1 rings (SSSR count). The van der Waals surface area contributed by atoms with E-state index in [9.17, 15) is 14.7 Å². The maximum atomic E-state index is 12.2. The number of rotatable bonds is 8. The molecule has 6 heteroatoms. The van der Waals surface area contributed by atoms with Gasteiger partial charge in [-0.3, -0.25) is 9.59 Å². The smallest absolute Gasteiger partial charge is 0.303 e. The summed E-state index contributed by atoms with van der Waals surface area (Å²) in [6.45, 7) is 1.99. The van der Waals surface area contributed by atoms with Crippen LogP contribution in [0.15, 0.2) is 18.2 Å². The van der Waals surface area contributed by atoms with E-state index in [0.29, 0.717) is 17.9 Å². The standard InChI is InChI=1S/C15H20ClNO4/c1-2-4-11(5-3-6-14(19)20)17-15(21)12-9-10(16)7-8-13(12)18/h7-9,11,18H,2-6H2,1H3,(H,17,21)(H,19,20). The van der Waals surface area contributed by atoms with Gasteiger partial charge in [0.05, 0.1) is 5.56 Å². The molecule has 1 aromatic carbocycles. The predicted molar refractivity (Wildman–Crippen MR) is 80.8 cm³/mol. The fourth-order valence-corrected chi connectivity index (χ4v) is 2.26. The number of carboxylic acids is 1. The van der Waals surface area contributed by atoms with Crippen LogP contribution < -0.4 is 5.32 Å². The van der Waals surface area contributed by atoms with Crippen LogP contribution in [0, 0.1) is 0 Å². The van der Waals surface area contributed by atoms with Crippen LogP contribution in [0.4, 0.5) is 0 Å². The Morgan fingerprint density at radius 3 is 2.67 bits per heavy atom. The van der Waals surface area contributed by atoms with Gasteiger partial charge in [-0.25, -0.2) is 0 Å². The van der Waals surface area contributed by atoms with Crippen molar-refractivity contribution in [3.05, 3.63) is 28.8 Å². The van der Waals surface area contributed by atoms with Gasteiger partial charge >= 0.3 is 5.97 Å². The van der Waals surface area contributed by atoms with Crippen LogP contribution in [0.1, 0.15) is 49.4 Å². The zero-order valence-corrected chi connectivity index (χ0v) is 12.7. The molecule has 0 aliphatic rings. The summed E-state index contributed by atoms with van der Waals surface area (Å²) in [7, 11) is 0. The first-order valence-electron chi connectivity index (χ1n) is 6.95. The van der Waals surface area contributed by atoms with E-state index in [-0.39, 0.29) is 23.8 Å². The number of amides is 1. The van der Waals surface area contributed by atoms with E-state index in [1.54, 1.807) is 0 Å². The molecule has 3 N–H and O–H groups in total. The van der Waals surface area contributed by atoms with E-state index in [4.69, 9.17) is 16.7 Å². The number of carboxylic acid groups (broad SMARTS) is 1. The van der Waals surface area contributed by atoms with Gasteiger partial charge in [0.15, 0.2) is 0 Å². The van der Waals surface area contributed by atoms with Gasteiger partial charge in [-0.1, -0.05) is 24.9 Å². The number of hydrogen-bond donors (Lipinski definition) is 3. The minimum absolute atomic E-state index is 0.0818. The van der Waals surface area contributed by atoms with Crippen molar-refractivity contribution in [1.29, 1.82) is 0 Å². The SMILES string of the molecule is CCCC(CCCC(=O)O)NC(=O)c1cc(Cl)ccc1O. The van der Waals surface area contributed by atoms with E-state index in [1.807, 2.05) is 6.92 Å². The van der Waals surface area contributed by atoms with Crippen molar-refractivity contribution in [3.63, 3.8) is 0 Å². The Morgan fingerprint density at radius 2 is 2.05 bits per heavy atom. The Hall–Kier alpha value is -1.75. The first-order chi connectivity index (χ1) is 9.93. The summed E-state index contributed by atoms with van der Waals surface area (Å²) in [5, 5.41) is 21.5. The number of phenols is 1. The largest absolute Gasteiger partial charge is 0.507 e. The van der Waals surface area contributed by atoms with Crippen molar-refractivity contribution in [1.82, 2.24) is 5.32 Å². The number of carbonyl (C=O) groups excluding carboxylic acids is 1. The molecule has 0 fully saturated rings. The molecule has 116 valence electrons. The van der Waals surface area contributed by atoms with Crippen LogP contribution in [0.25, 0.3) is 0 Å². The molecule has 1 aromatic rings. The molecule has 0 radical (unpaired) electrons. The highest BCUT2D eigenvalue weighted by Crippen LogP contribution is 2.21. The summed E-state index contributed by atoms with van der Waals surface area (Å²) in [6, 6.07) is 4.17. The van der Waals surface area contributed by atoms with Crippen LogP contribution in [0.2, 0.25) is 5.02 Å². The average molecular weight is 314 g/mol. The summed E-state index contributed by atoms with van der Waals surface area (Å²) in [5.41, 5.74) is 0.127. The lowest BCUT2D eigenvalue weighted by molar-refractivity contribution is -0.137. The third-order valence-corrected chi connectivity index (χ3v) is 3.35. The molecule has 1 unspecified atom stereocenters. The molecule has 5 nitrogen and oxygen atoms in total. The summed E-state index contributed by atoms with van der Waals surface area (Å²) in [5.74, 6) is -1.37. The quantitative estimate of drug-likeness (QED) is 0.688. The van der Waals surface area contributed by atoms with Crippen LogP contribution in [0.5, 0.6) is 5.75 Å². The maximum absolute atomic E-state index is 12.2. The highest BCUT2D eigenvalue weighted by Gasteiger charge is 2.16. The highest BCUT2D eigenvalue weighted by atomic mass is 35.5. The lowest BCUT2D eigenvalue weighted by Crippen LogP contribution is -2.34. The number of aromatic hydroxyl groups is 1. The van der Waals surface area contributed by atoms with E-state index < -0.39 is 11.9 Å². The number of benzene rings is 1. The van der Waals surface area contributed by atoms with Crippen molar-refractivity contribution in [2.24, 2.45) is 0 Å². The predicted octanol–water partition coefficient (Wildman–Crippen LogP) is 3.20. The molecule has 21 heavy (non-hydrogen) atoms. The number of aliphatic carboxylic acids is 1. The number of phenolic OH excluding ortho intramolecular Hbond substituents is 1. The molecular weight excluding hydrogens is 294 g/mol. The molecule has 0 spiro atoms. The molecule has 0 aliphatic carbocycles. The molecule has 1 amide bonds. The fourth-order valence-electron chi connectivity index (χ4n) is 2.09. The van der Waals surface area contributed by atoms with Crippen LogP contribution in [0.3, 0.4) is 0 Å². The Balaban J connectivity index is 2.66. The van der Waals surface area contributed by atoms with E-state index in [0.717, 1.165) is 12.8 Å². The second-order valence-electron chi connectivity index (χ2n) is 4.91. The Kier molecular flexibility index (Phi) is 7.02. The van der Waals surface area contributed by atoms with E-state index >= 15 is 0 Å². The molecule has 0 saturated carbocycles.